The zero-order chi connectivity index (χ0) is 27.1. The van der Waals surface area contributed by atoms with E-state index in [0.717, 1.165) is 52.2 Å². The summed E-state index contributed by atoms with van der Waals surface area (Å²) in [6, 6.07) is 12.9. The Morgan fingerprint density at radius 2 is 2.00 bits per heavy atom. The maximum Gasteiger partial charge on any atom is 0.412 e. The molecular weight excluding hydrogens is 520 g/mol. The van der Waals surface area contributed by atoms with E-state index in [2.05, 4.69) is 41.4 Å². The van der Waals surface area contributed by atoms with Crippen molar-refractivity contribution in [3.63, 3.8) is 0 Å². The number of aromatic amines is 1. The van der Waals surface area contributed by atoms with Crippen LogP contribution in [0.4, 0.5) is 10.6 Å². The molecule has 39 heavy (non-hydrogen) atoms. The van der Waals surface area contributed by atoms with Gasteiger partial charge in [-0.1, -0.05) is 28.4 Å². The average Bonchev–Trinajstić information content (AvgIpc) is 3.69. The van der Waals surface area contributed by atoms with Gasteiger partial charge in [-0.2, -0.15) is 0 Å². The van der Waals surface area contributed by atoms with Crippen molar-refractivity contribution < 1.29 is 9.53 Å². The number of hydrogen-bond donors (Lipinski definition) is 2. The molecule has 0 bridgehead atoms. The first-order valence-electron chi connectivity index (χ1n) is 12.2. The molecule has 1 amide bonds. The molecule has 1 aromatic carbocycles. The third-order valence-electron chi connectivity index (χ3n) is 6.71. The van der Waals surface area contributed by atoms with Crippen molar-refractivity contribution in [1.82, 2.24) is 34.5 Å². The van der Waals surface area contributed by atoms with Crippen molar-refractivity contribution in [2.24, 2.45) is 0 Å². The van der Waals surface area contributed by atoms with E-state index >= 15 is 0 Å². The molecule has 4 aromatic heterocycles. The van der Waals surface area contributed by atoms with E-state index in [9.17, 15) is 9.59 Å². The topological polar surface area (TPSA) is 133 Å². The summed E-state index contributed by atoms with van der Waals surface area (Å²) in [5, 5.41) is 10.8. The van der Waals surface area contributed by atoms with E-state index in [1.54, 1.807) is 40.0 Å². The summed E-state index contributed by atoms with van der Waals surface area (Å²) in [5.41, 5.74) is 5.92. The van der Waals surface area contributed by atoms with Crippen molar-refractivity contribution >= 4 is 23.5 Å². The van der Waals surface area contributed by atoms with Gasteiger partial charge in [-0.25, -0.2) is 19.4 Å². The third-order valence-corrected chi connectivity index (χ3v) is 6.88. The van der Waals surface area contributed by atoms with Gasteiger partial charge >= 0.3 is 6.09 Å². The highest BCUT2D eigenvalue weighted by molar-refractivity contribution is 6.29. The van der Waals surface area contributed by atoms with Crippen LogP contribution in [0.1, 0.15) is 29.5 Å². The number of methoxy groups -OCH3 is 1. The number of aromatic nitrogens is 7. The van der Waals surface area contributed by atoms with Gasteiger partial charge in [0.15, 0.2) is 5.15 Å². The predicted molar refractivity (Wildman–Crippen MR) is 145 cm³/mol. The van der Waals surface area contributed by atoms with Crippen LogP contribution in [0.2, 0.25) is 5.15 Å². The number of ether oxygens (including phenoxy) is 1. The van der Waals surface area contributed by atoms with E-state index < -0.39 is 6.09 Å². The Kier molecular flexibility index (Phi) is 6.20. The number of benzene rings is 1. The van der Waals surface area contributed by atoms with Crippen LogP contribution in [0.3, 0.4) is 0 Å². The molecule has 2 N–H and O–H groups in total. The highest BCUT2D eigenvalue weighted by Crippen LogP contribution is 2.34. The highest BCUT2D eigenvalue weighted by atomic mass is 35.5. The second-order valence-electron chi connectivity index (χ2n) is 9.24. The molecule has 1 aliphatic heterocycles. The Morgan fingerprint density at radius 3 is 2.74 bits per heavy atom. The van der Waals surface area contributed by atoms with Gasteiger partial charge in [-0.15, -0.1) is 5.10 Å². The fourth-order valence-corrected chi connectivity index (χ4v) is 5.01. The molecule has 0 radical (unpaired) electrons. The maximum atomic E-state index is 13.5. The van der Waals surface area contributed by atoms with Gasteiger partial charge in [-0.3, -0.25) is 10.1 Å². The van der Waals surface area contributed by atoms with E-state index in [1.807, 2.05) is 31.2 Å². The van der Waals surface area contributed by atoms with Gasteiger partial charge in [0.05, 0.1) is 36.9 Å². The number of hydrogen-bond acceptors (Lipinski definition) is 7. The SMILES string of the molecule is COC(=O)Nc1ccc(-c2cnc([C@@H]3CCc4cc(-c5cc(C)ccc5-n5cc(Cl)nn5)cc(=O)n43)[nH]2)cn1. The molecule has 0 saturated carbocycles. The van der Waals surface area contributed by atoms with Crippen LogP contribution in [-0.4, -0.2) is 47.7 Å². The standard InChI is InChI=1S/C27H23ClN8O3/c1-15-3-6-21(35-14-23(28)33-34-35)19(9-15)17-10-18-5-7-22(36(18)25(37)11-17)26-30-13-20(31-26)16-4-8-24(29-12-16)32-27(38)39-2/h3-4,6,8-14,22H,5,7H2,1-2H3,(H,30,31)(H,29,32,38)/t22-/m0/s1. The van der Waals surface area contributed by atoms with Crippen LogP contribution in [0.25, 0.3) is 28.1 Å². The number of pyridine rings is 2. The number of amides is 1. The zero-order valence-electron chi connectivity index (χ0n) is 21.1. The number of fused-ring (bicyclic) bond motifs is 1. The number of H-pyrrole nitrogens is 1. The van der Waals surface area contributed by atoms with Crippen molar-refractivity contribution in [1.29, 1.82) is 0 Å². The molecule has 0 unspecified atom stereocenters. The minimum atomic E-state index is -0.589. The summed E-state index contributed by atoms with van der Waals surface area (Å²) in [6.07, 6.45) is 5.87. The highest BCUT2D eigenvalue weighted by Gasteiger charge is 2.28. The number of rotatable bonds is 5. The van der Waals surface area contributed by atoms with Crippen molar-refractivity contribution in [2.75, 3.05) is 12.4 Å². The summed E-state index contributed by atoms with van der Waals surface area (Å²) in [4.78, 5) is 37.0. The van der Waals surface area contributed by atoms with Crippen LogP contribution in [0.15, 0.2) is 65.8 Å². The summed E-state index contributed by atoms with van der Waals surface area (Å²) in [6.45, 7) is 2.01. The van der Waals surface area contributed by atoms with Crippen LogP contribution in [-0.2, 0) is 11.2 Å². The molecule has 0 spiro atoms. The molecule has 11 nitrogen and oxygen atoms in total. The fourth-order valence-electron chi connectivity index (χ4n) is 4.89. The molecular formula is C27H23ClN8O3. The van der Waals surface area contributed by atoms with Crippen LogP contribution in [0.5, 0.6) is 0 Å². The van der Waals surface area contributed by atoms with E-state index in [4.69, 9.17) is 11.6 Å². The van der Waals surface area contributed by atoms with Crippen molar-refractivity contribution in [3.05, 3.63) is 93.6 Å². The maximum absolute atomic E-state index is 13.5. The molecule has 5 heterocycles. The largest absolute Gasteiger partial charge is 0.453 e. The van der Waals surface area contributed by atoms with Crippen molar-refractivity contribution in [3.8, 4) is 28.1 Å². The quantitative estimate of drug-likeness (QED) is 0.332. The monoisotopic (exact) mass is 542 g/mol. The summed E-state index contributed by atoms with van der Waals surface area (Å²) < 4.78 is 8.00. The van der Waals surface area contributed by atoms with Crippen molar-refractivity contribution in [2.45, 2.75) is 25.8 Å². The molecule has 5 aromatic rings. The lowest BCUT2D eigenvalue weighted by atomic mass is 10.0. The molecule has 0 saturated heterocycles. The number of nitrogens with one attached hydrogen (secondary N) is 2. The lowest BCUT2D eigenvalue weighted by Crippen LogP contribution is -2.23. The molecule has 196 valence electrons. The fraction of sp³-hybridized carbons (Fsp3) is 0.185. The summed E-state index contributed by atoms with van der Waals surface area (Å²) >= 11 is 6.01. The first-order chi connectivity index (χ1) is 18.9. The predicted octanol–water partition coefficient (Wildman–Crippen LogP) is 4.56. The van der Waals surface area contributed by atoms with Crippen LogP contribution in [0, 0.1) is 6.92 Å². The number of imidazole rings is 1. The number of carbonyl (C=O) groups is 1. The van der Waals surface area contributed by atoms with Gasteiger partial charge < -0.3 is 14.3 Å². The summed E-state index contributed by atoms with van der Waals surface area (Å²) in [7, 11) is 1.29. The summed E-state index contributed by atoms with van der Waals surface area (Å²) in [5.74, 6) is 1.07. The second-order valence-corrected chi connectivity index (χ2v) is 9.62. The number of nitrogens with zero attached hydrogens (tertiary/aromatic N) is 6. The third kappa shape index (κ3) is 4.68. The number of carbonyl (C=O) groups excluding carboxylic acids is 1. The minimum Gasteiger partial charge on any atom is -0.453 e. The molecule has 1 aliphatic rings. The van der Waals surface area contributed by atoms with Gasteiger partial charge in [0.1, 0.15) is 11.6 Å². The molecule has 0 aliphatic carbocycles. The molecule has 1 atom stereocenters. The second kappa shape index (κ2) is 9.84. The van der Waals surface area contributed by atoms with Crippen LogP contribution < -0.4 is 10.9 Å². The Labute approximate surface area is 227 Å². The number of halogens is 1. The molecule has 0 fully saturated rings. The van der Waals surface area contributed by atoms with E-state index in [0.29, 0.717) is 16.8 Å². The van der Waals surface area contributed by atoms with Gasteiger partial charge in [0.2, 0.25) is 0 Å². The Balaban J connectivity index is 1.30. The lowest BCUT2D eigenvalue weighted by molar-refractivity contribution is 0.187. The zero-order valence-corrected chi connectivity index (χ0v) is 21.8. The van der Waals surface area contributed by atoms with Gasteiger partial charge in [-0.05, 0) is 55.7 Å². The first kappa shape index (κ1) is 24.6. The van der Waals surface area contributed by atoms with Crippen LogP contribution >= 0.6 is 11.6 Å². The molecule has 6 rings (SSSR count). The Hall–Kier alpha value is -4.77. The number of aryl methyl sites for hydroxylation is 2. The smallest absolute Gasteiger partial charge is 0.412 e. The molecule has 12 heteroatoms. The first-order valence-corrected chi connectivity index (χ1v) is 12.6. The minimum absolute atomic E-state index is 0.105. The van der Waals surface area contributed by atoms with E-state index in [-0.39, 0.29) is 11.6 Å². The van der Waals surface area contributed by atoms with E-state index in [1.165, 1.54) is 7.11 Å². The number of anilines is 1. The normalized spacial score (nSPS) is 14.3. The van der Waals surface area contributed by atoms with Gasteiger partial charge in [0, 0.05) is 29.1 Å². The lowest BCUT2D eigenvalue weighted by Gasteiger charge is -2.15. The average molecular weight is 543 g/mol. The Morgan fingerprint density at radius 1 is 1.13 bits per heavy atom. The Bertz CT molecular complexity index is 1760. The van der Waals surface area contributed by atoms with Gasteiger partial charge in [0.25, 0.3) is 5.56 Å².